The Labute approximate surface area is 106 Å². The molecule has 1 amide bonds. The lowest BCUT2D eigenvalue weighted by atomic mass is 9.82. The monoisotopic (exact) mass is 253 g/mol. The van der Waals surface area contributed by atoms with Crippen LogP contribution in [0.25, 0.3) is 0 Å². The Morgan fingerprint density at radius 1 is 1.47 bits per heavy atom. The van der Waals surface area contributed by atoms with Gasteiger partial charge in [0.1, 0.15) is 0 Å². The van der Waals surface area contributed by atoms with E-state index in [0.29, 0.717) is 23.9 Å². The number of hydrogen-bond donors (Lipinski definition) is 2. The summed E-state index contributed by atoms with van der Waals surface area (Å²) in [5.41, 5.74) is 1.58. The van der Waals surface area contributed by atoms with Gasteiger partial charge < -0.3 is 10.4 Å². The maximum Gasteiger partial charge on any atom is 0.251 e. The van der Waals surface area contributed by atoms with Gasteiger partial charge in [-0.3, -0.25) is 4.79 Å². The van der Waals surface area contributed by atoms with Crippen molar-refractivity contribution in [2.45, 2.75) is 24.8 Å². The van der Waals surface area contributed by atoms with Gasteiger partial charge in [-0.05, 0) is 36.5 Å². The molecule has 4 heteroatoms. The number of alkyl halides is 1. The van der Waals surface area contributed by atoms with Crippen LogP contribution in [-0.4, -0.2) is 23.7 Å². The number of amides is 1. The number of nitrogens with one attached hydrogen (secondary N) is 1. The molecular weight excluding hydrogens is 238 g/mol. The van der Waals surface area contributed by atoms with Crippen LogP contribution in [0.2, 0.25) is 0 Å². The van der Waals surface area contributed by atoms with E-state index < -0.39 is 0 Å². The predicted octanol–water partition coefficient (Wildman–Crippen LogP) is 1.93. The molecule has 0 heterocycles. The van der Waals surface area contributed by atoms with Gasteiger partial charge in [-0.2, -0.15) is 0 Å². The Morgan fingerprint density at radius 2 is 2.24 bits per heavy atom. The molecule has 0 bridgehead atoms. The quantitative estimate of drug-likeness (QED) is 0.806. The minimum atomic E-state index is -0.170. The van der Waals surface area contributed by atoms with E-state index >= 15 is 0 Å². The number of hydrogen-bond acceptors (Lipinski definition) is 2. The molecule has 1 aromatic rings. The van der Waals surface area contributed by atoms with E-state index in [1.165, 1.54) is 0 Å². The van der Waals surface area contributed by atoms with Crippen molar-refractivity contribution in [3.8, 4) is 0 Å². The number of aliphatic hydroxyl groups is 1. The summed E-state index contributed by atoms with van der Waals surface area (Å²) in [5.74, 6) is 0.763. The van der Waals surface area contributed by atoms with E-state index in [9.17, 15) is 4.79 Å². The lowest BCUT2D eigenvalue weighted by Crippen LogP contribution is -2.38. The lowest BCUT2D eigenvalue weighted by molar-refractivity contribution is 0.0420. The van der Waals surface area contributed by atoms with E-state index in [1.807, 2.05) is 12.1 Å². The highest BCUT2D eigenvalue weighted by Gasteiger charge is 2.27. The summed E-state index contributed by atoms with van der Waals surface area (Å²) >= 11 is 5.72. The molecule has 0 aromatic heterocycles. The van der Waals surface area contributed by atoms with Crippen LogP contribution in [0, 0.1) is 5.92 Å². The number of aliphatic hydroxyl groups excluding tert-OH is 1. The highest BCUT2D eigenvalue weighted by Crippen LogP contribution is 2.26. The van der Waals surface area contributed by atoms with Crippen molar-refractivity contribution in [3.63, 3.8) is 0 Å². The van der Waals surface area contributed by atoms with Gasteiger partial charge in [-0.15, -0.1) is 11.6 Å². The molecule has 1 aliphatic rings. The number of benzene rings is 1. The zero-order valence-corrected chi connectivity index (χ0v) is 10.3. The second kappa shape index (κ2) is 5.52. The molecule has 2 rings (SSSR count). The minimum absolute atomic E-state index is 0.0710. The molecule has 92 valence electrons. The van der Waals surface area contributed by atoms with Gasteiger partial charge in [-0.25, -0.2) is 0 Å². The summed E-state index contributed by atoms with van der Waals surface area (Å²) in [7, 11) is 0. The van der Waals surface area contributed by atoms with Gasteiger partial charge in [0.15, 0.2) is 0 Å². The predicted molar refractivity (Wildman–Crippen MR) is 67.1 cm³/mol. The van der Waals surface area contributed by atoms with Crippen LogP contribution in [0.1, 0.15) is 28.8 Å². The smallest absolute Gasteiger partial charge is 0.251 e. The largest absolute Gasteiger partial charge is 0.393 e. The molecular formula is C13H16ClNO2. The van der Waals surface area contributed by atoms with Crippen LogP contribution in [0.15, 0.2) is 24.3 Å². The zero-order chi connectivity index (χ0) is 12.3. The molecule has 0 spiro atoms. The molecule has 0 atom stereocenters. The Balaban J connectivity index is 1.86. The maximum atomic E-state index is 11.8. The first kappa shape index (κ1) is 12.4. The number of carbonyl (C=O) groups is 1. The average Bonchev–Trinajstić information content (AvgIpc) is 2.33. The minimum Gasteiger partial charge on any atom is -0.393 e. The van der Waals surface area contributed by atoms with E-state index in [2.05, 4.69) is 5.32 Å². The van der Waals surface area contributed by atoms with Crippen LogP contribution in [-0.2, 0) is 5.88 Å². The fourth-order valence-corrected chi connectivity index (χ4v) is 2.17. The van der Waals surface area contributed by atoms with E-state index in [0.717, 1.165) is 18.4 Å². The summed E-state index contributed by atoms with van der Waals surface area (Å²) in [6, 6.07) is 7.31. The second-order valence-corrected chi connectivity index (χ2v) is 4.80. The number of carbonyl (C=O) groups excluding carboxylic acids is 1. The summed E-state index contributed by atoms with van der Waals surface area (Å²) in [6.45, 7) is 0.640. The Kier molecular flexibility index (Phi) is 4.02. The first-order valence-corrected chi connectivity index (χ1v) is 6.33. The lowest BCUT2D eigenvalue weighted by Gasteiger charge is -2.31. The summed E-state index contributed by atoms with van der Waals surface area (Å²) in [6.07, 6.45) is 1.42. The number of halogens is 1. The molecule has 0 aliphatic heterocycles. The molecule has 0 saturated heterocycles. The van der Waals surface area contributed by atoms with E-state index in [-0.39, 0.29) is 12.0 Å². The molecule has 3 nitrogen and oxygen atoms in total. The van der Waals surface area contributed by atoms with Gasteiger partial charge in [0, 0.05) is 18.0 Å². The van der Waals surface area contributed by atoms with Crippen molar-refractivity contribution in [2.24, 2.45) is 5.92 Å². The van der Waals surface area contributed by atoms with Crippen LogP contribution in [0.3, 0.4) is 0 Å². The van der Waals surface area contributed by atoms with Crippen molar-refractivity contribution in [2.75, 3.05) is 6.54 Å². The standard InChI is InChI=1S/C13H16ClNO2/c14-7-9-2-1-3-11(4-9)13(17)15-8-10-5-12(16)6-10/h1-4,10,12,16H,5-8H2,(H,15,17). The average molecular weight is 254 g/mol. The summed E-state index contributed by atoms with van der Waals surface area (Å²) in [5, 5.41) is 12.0. The fourth-order valence-electron chi connectivity index (χ4n) is 2.00. The third-order valence-corrected chi connectivity index (χ3v) is 3.41. The van der Waals surface area contributed by atoms with E-state index in [1.54, 1.807) is 12.1 Å². The Bertz CT molecular complexity index is 402. The highest BCUT2D eigenvalue weighted by molar-refractivity contribution is 6.17. The molecule has 1 aliphatic carbocycles. The Hall–Kier alpha value is -1.06. The van der Waals surface area contributed by atoms with Gasteiger partial charge in [0.05, 0.1) is 6.10 Å². The van der Waals surface area contributed by atoms with Gasteiger partial charge >= 0.3 is 0 Å². The van der Waals surface area contributed by atoms with Crippen LogP contribution < -0.4 is 5.32 Å². The van der Waals surface area contributed by atoms with E-state index in [4.69, 9.17) is 16.7 Å². The maximum absolute atomic E-state index is 11.8. The molecule has 17 heavy (non-hydrogen) atoms. The van der Waals surface area contributed by atoms with Crippen molar-refractivity contribution in [3.05, 3.63) is 35.4 Å². The van der Waals surface area contributed by atoms with Crippen LogP contribution in [0.5, 0.6) is 0 Å². The first-order chi connectivity index (χ1) is 8.19. The third kappa shape index (κ3) is 3.20. The Morgan fingerprint density at radius 3 is 2.88 bits per heavy atom. The SMILES string of the molecule is O=C(NCC1CC(O)C1)c1cccc(CCl)c1. The number of rotatable bonds is 4. The second-order valence-electron chi connectivity index (χ2n) is 4.54. The molecule has 0 radical (unpaired) electrons. The van der Waals surface area contributed by atoms with Gasteiger partial charge in [0.2, 0.25) is 0 Å². The normalized spacial score (nSPS) is 22.9. The van der Waals surface area contributed by atoms with Crippen LogP contribution in [0.4, 0.5) is 0 Å². The van der Waals surface area contributed by atoms with Crippen molar-refractivity contribution in [1.82, 2.24) is 5.32 Å². The molecule has 1 fully saturated rings. The third-order valence-electron chi connectivity index (χ3n) is 3.11. The molecule has 0 unspecified atom stereocenters. The molecule has 1 aromatic carbocycles. The first-order valence-electron chi connectivity index (χ1n) is 5.80. The highest BCUT2D eigenvalue weighted by atomic mass is 35.5. The topological polar surface area (TPSA) is 49.3 Å². The zero-order valence-electron chi connectivity index (χ0n) is 9.53. The van der Waals surface area contributed by atoms with Gasteiger partial charge in [-0.1, -0.05) is 12.1 Å². The molecule has 2 N–H and O–H groups in total. The van der Waals surface area contributed by atoms with Crippen molar-refractivity contribution >= 4 is 17.5 Å². The molecule has 1 saturated carbocycles. The fraction of sp³-hybridized carbons (Fsp3) is 0.462. The van der Waals surface area contributed by atoms with Gasteiger partial charge in [0.25, 0.3) is 5.91 Å². The van der Waals surface area contributed by atoms with Crippen molar-refractivity contribution in [1.29, 1.82) is 0 Å². The summed E-state index contributed by atoms with van der Waals surface area (Å²) in [4.78, 5) is 11.8. The summed E-state index contributed by atoms with van der Waals surface area (Å²) < 4.78 is 0. The van der Waals surface area contributed by atoms with Crippen LogP contribution >= 0.6 is 11.6 Å². The van der Waals surface area contributed by atoms with Crippen molar-refractivity contribution < 1.29 is 9.90 Å².